The summed E-state index contributed by atoms with van der Waals surface area (Å²) in [5, 5.41) is 22.9. The second kappa shape index (κ2) is 10.4. The molecular formula is C23H24N2O6. The van der Waals surface area contributed by atoms with Gasteiger partial charge < -0.3 is 24.7 Å². The van der Waals surface area contributed by atoms with E-state index in [4.69, 9.17) is 9.15 Å². The molecule has 0 amide bonds. The van der Waals surface area contributed by atoms with Crippen molar-refractivity contribution in [1.82, 2.24) is 4.98 Å². The van der Waals surface area contributed by atoms with Gasteiger partial charge in [-0.2, -0.15) is 0 Å². The van der Waals surface area contributed by atoms with E-state index >= 15 is 0 Å². The molecule has 0 saturated heterocycles. The summed E-state index contributed by atoms with van der Waals surface area (Å²) >= 11 is 0. The van der Waals surface area contributed by atoms with Crippen molar-refractivity contribution >= 4 is 11.7 Å². The van der Waals surface area contributed by atoms with Crippen LogP contribution in [0.2, 0.25) is 0 Å². The first-order chi connectivity index (χ1) is 15.0. The topological polar surface area (TPSA) is 122 Å². The number of nitrogens with one attached hydrogen (secondary N) is 1. The number of hydrogen-bond acceptors (Lipinski definition) is 8. The van der Waals surface area contributed by atoms with Gasteiger partial charge in [0.1, 0.15) is 18.4 Å². The number of aromatic nitrogens is 1. The monoisotopic (exact) mass is 424 g/mol. The van der Waals surface area contributed by atoms with Gasteiger partial charge in [-0.3, -0.25) is 9.78 Å². The molecule has 0 radical (unpaired) electrons. The second-order valence-electron chi connectivity index (χ2n) is 6.85. The zero-order chi connectivity index (χ0) is 22.2. The molecule has 1 atom stereocenters. The first-order valence-corrected chi connectivity index (χ1v) is 9.95. The quantitative estimate of drug-likeness (QED) is 0.353. The molecule has 0 aliphatic carbocycles. The van der Waals surface area contributed by atoms with Gasteiger partial charge in [0.25, 0.3) is 0 Å². The van der Waals surface area contributed by atoms with Gasteiger partial charge in [-0.05, 0) is 42.8 Å². The minimum absolute atomic E-state index is 0.0192. The van der Waals surface area contributed by atoms with Crippen LogP contribution in [0.3, 0.4) is 0 Å². The number of rotatable bonds is 9. The molecule has 31 heavy (non-hydrogen) atoms. The number of benzene rings is 1. The molecule has 0 saturated carbocycles. The van der Waals surface area contributed by atoms with E-state index in [-0.39, 0.29) is 11.5 Å². The van der Waals surface area contributed by atoms with Crippen molar-refractivity contribution in [2.24, 2.45) is 0 Å². The number of unbranched alkanes of at least 4 members (excludes halogenated alkanes) is 1. The summed E-state index contributed by atoms with van der Waals surface area (Å²) in [6.45, 7) is 1.89. The van der Waals surface area contributed by atoms with Gasteiger partial charge in [-0.25, -0.2) is 4.79 Å². The van der Waals surface area contributed by atoms with Gasteiger partial charge in [0.05, 0.1) is 17.9 Å². The van der Waals surface area contributed by atoms with Crippen LogP contribution < -0.4 is 10.7 Å². The van der Waals surface area contributed by atoms with Gasteiger partial charge in [0.2, 0.25) is 11.2 Å². The third-order valence-electron chi connectivity index (χ3n) is 4.56. The number of ether oxygens (including phenoxy) is 1. The van der Waals surface area contributed by atoms with Gasteiger partial charge in [0.15, 0.2) is 5.76 Å². The van der Waals surface area contributed by atoms with Crippen molar-refractivity contribution in [1.29, 1.82) is 0 Å². The molecule has 3 aromatic rings. The lowest BCUT2D eigenvalue weighted by molar-refractivity contribution is 0.0500. The van der Waals surface area contributed by atoms with Gasteiger partial charge in [0, 0.05) is 18.0 Å². The fourth-order valence-corrected chi connectivity index (χ4v) is 2.91. The summed E-state index contributed by atoms with van der Waals surface area (Å²) in [5.41, 5.74) is 0.821. The second-order valence-corrected chi connectivity index (χ2v) is 6.85. The zero-order valence-corrected chi connectivity index (χ0v) is 17.1. The van der Waals surface area contributed by atoms with Crippen LogP contribution in [0, 0.1) is 0 Å². The molecule has 0 aliphatic rings. The molecule has 3 N–H and O–H groups in total. The molecular weight excluding hydrogens is 400 g/mol. The number of nitrogens with zero attached hydrogens (tertiary/aromatic N) is 1. The fraction of sp³-hybridized carbons (Fsp3) is 0.261. The van der Waals surface area contributed by atoms with Gasteiger partial charge >= 0.3 is 5.97 Å². The van der Waals surface area contributed by atoms with Crippen molar-refractivity contribution in [3.8, 4) is 5.75 Å². The van der Waals surface area contributed by atoms with Crippen LogP contribution in [0.25, 0.3) is 0 Å². The Kier molecular flexibility index (Phi) is 7.40. The maximum atomic E-state index is 12.1. The number of esters is 1. The Hall–Kier alpha value is -3.65. The number of pyridine rings is 1. The molecule has 2 aromatic heterocycles. The first-order valence-electron chi connectivity index (χ1n) is 9.95. The predicted octanol–water partition coefficient (Wildman–Crippen LogP) is 3.39. The van der Waals surface area contributed by atoms with E-state index in [1.807, 2.05) is 6.92 Å². The van der Waals surface area contributed by atoms with E-state index in [1.54, 1.807) is 48.7 Å². The van der Waals surface area contributed by atoms with Crippen molar-refractivity contribution in [3.05, 3.63) is 87.7 Å². The molecule has 0 fully saturated rings. The summed E-state index contributed by atoms with van der Waals surface area (Å²) in [6.07, 6.45) is 3.31. The molecule has 8 heteroatoms. The molecule has 2 heterocycles. The Morgan fingerprint density at radius 3 is 2.65 bits per heavy atom. The number of aliphatic hydroxyl groups is 1. The van der Waals surface area contributed by atoms with E-state index in [0.29, 0.717) is 23.6 Å². The summed E-state index contributed by atoms with van der Waals surface area (Å²) in [6, 6.07) is 12.0. The minimum atomic E-state index is -0.817. The molecule has 1 unspecified atom stereocenters. The summed E-state index contributed by atoms with van der Waals surface area (Å²) in [5.74, 6) is -1.03. The van der Waals surface area contributed by atoms with Gasteiger partial charge in [-0.15, -0.1) is 0 Å². The standard InChI is InChI=1S/C23H24N2O6/c1-2-3-12-30-23(29)15-7-9-16(10-8-15)25-20(18-6-4-5-11-24-18)22-21(28)19(27)13-17(14-26)31-22/h4-11,13,20,25-26,28H,2-3,12,14H2,1H3. The van der Waals surface area contributed by atoms with Crippen LogP contribution in [0.1, 0.15) is 53.4 Å². The first kappa shape index (κ1) is 22.0. The summed E-state index contributed by atoms with van der Waals surface area (Å²) in [7, 11) is 0. The zero-order valence-electron chi connectivity index (χ0n) is 17.1. The number of hydrogen-bond donors (Lipinski definition) is 3. The third-order valence-corrected chi connectivity index (χ3v) is 4.56. The number of aromatic hydroxyl groups is 1. The molecule has 3 rings (SSSR count). The van der Waals surface area contributed by atoms with Crippen LogP contribution in [0.5, 0.6) is 5.75 Å². The molecule has 1 aromatic carbocycles. The third kappa shape index (κ3) is 5.49. The number of carbonyl (C=O) groups excluding carboxylic acids is 1. The van der Waals surface area contributed by atoms with Crippen molar-refractivity contribution in [2.75, 3.05) is 11.9 Å². The largest absolute Gasteiger partial charge is 0.502 e. The van der Waals surface area contributed by atoms with E-state index in [0.717, 1.165) is 18.9 Å². The molecule has 0 spiro atoms. The number of aliphatic hydroxyl groups excluding tert-OH is 1. The summed E-state index contributed by atoms with van der Waals surface area (Å²) < 4.78 is 10.8. The number of anilines is 1. The Balaban J connectivity index is 1.90. The van der Waals surface area contributed by atoms with Crippen LogP contribution in [-0.4, -0.2) is 27.8 Å². The Bertz CT molecular complexity index is 1060. The molecule has 0 aliphatic heterocycles. The van der Waals surface area contributed by atoms with E-state index < -0.39 is 29.8 Å². The highest BCUT2D eigenvalue weighted by Crippen LogP contribution is 2.30. The SMILES string of the molecule is CCCCOC(=O)c1ccc(NC(c2ccccn2)c2oc(CO)cc(=O)c2O)cc1. The van der Waals surface area contributed by atoms with Crippen LogP contribution in [-0.2, 0) is 11.3 Å². The van der Waals surface area contributed by atoms with Crippen molar-refractivity contribution in [2.45, 2.75) is 32.4 Å². The average molecular weight is 424 g/mol. The highest BCUT2D eigenvalue weighted by atomic mass is 16.5. The highest BCUT2D eigenvalue weighted by Gasteiger charge is 2.24. The lowest BCUT2D eigenvalue weighted by atomic mass is 10.1. The van der Waals surface area contributed by atoms with Crippen molar-refractivity contribution in [3.63, 3.8) is 0 Å². The Morgan fingerprint density at radius 2 is 2.00 bits per heavy atom. The Labute approximate surface area is 179 Å². The van der Waals surface area contributed by atoms with E-state index in [2.05, 4.69) is 10.3 Å². The predicted molar refractivity (Wildman–Crippen MR) is 114 cm³/mol. The minimum Gasteiger partial charge on any atom is -0.502 e. The van der Waals surface area contributed by atoms with Crippen LogP contribution in [0.4, 0.5) is 5.69 Å². The molecule has 162 valence electrons. The maximum absolute atomic E-state index is 12.1. The summed E-state index contributed by atoms with van der Waals surface area (Å²) in [4.78, 5) is 28.5. The van der Waals surface area contributed by atoms with Crippen LogP contribution in [0.15, 0.2) is 63.9 Å². The smallest absolute Gasteiger partial charge is 0.338 e. The van der Waals surface area contributed by atoms with Crippen LogP contribution >= 0.6 is 0 Å². The lowest BCUT2D eigenvalue weighted by Gasteiger charge is -2.20. The van der Waals surface area contributed by atoms with Crippen molar-refractivity contribution < 1.29 is 24.2 Å². The maximum Gasteiger partial charge on any atom is 0.338 e. The number of carbonyl (C=O) groups is 1. The lowest BCUT2D eigenvalue weighted by Crippen LogP contribution is -2.17. The highest BCUT2D eigenvalue weighted by molar-refractivity contribution is 5.89. The van der Waals surface area contributed by atoms with E-state index in [9.17, 15) is 19.8 Å². The fourth-order valence-electron chi connectivity index (χ4n) is 2.91. The normalized spacial score (nSPS) is 11.7. The molecule has 8 nitrogen and oxygen atoms in total. The average Bonchev–Trinajstić information content (AvgIpc) is 2.80. The molecule has 0 bridgehead atoms. The van der Waals surface area contributed by atoms with E-state index in [1.165, 1.54) is 0 Å². The Morgan fingerprint density at radius 1 is 1.23 bits per heavy atom. The van der Waals surface area contributed by atoms with Gasteiger partial charge in [-0.1, -0.05) is 19.4 Å².